The van der Waals surface area contributed by atoms with Crippen LogP contribution in [0.2, 0.25) is 0 Å². The minimum Gasteiger partial charge on any atom is -0.406 e. The summed E-state index contributed by atoms with van der Waals surface area (Å²) in [6.07, 6.45) is 1.62. The fourth-order valence-corrected chi connectivity index (χ4v) is 1.63. The van der Waals surface area contributed by atoms with Crippen LogP contribution in [0.3, 0.4) is 0 Å². The number of aliphatic imine (C=N–C) groups is 1. The molecular formula is C17H25BrF3NO. The number of halogens is 4. The number of hydrogen-bond acceptors (Lipinski definition) is 2. The molecule has 0 aliphatic rings. The van der Waals surface area contributed by atoms with Gasteiger partial charge in [-0.1, -0.05) is 51.0 Å². The summed E-state index contributed by atoms with van der Waals surface area (Å²) in [5, 5.41) is 0. The maximum Gasteiger partial charge on any atom is 0.573 e. The molecule has 0 unspecified atom stereocenters. The van der Waals surface area contributed by atoms with Gasteiger partial charge in [0.25, 0.3) is 0 Å². The average molecular weight is 396 g/mol. The Labute approximate surface area is 145 Å². The number of rotatable bonds is 4. The van der Waals surface area contributed by atoms with E-state index in [1.165, 1.54) is 18.6 Å². The topological polar surface area (TPSA) is 21.6 Å². The van der Waals surface area contributed by atoms with Crippen molar-refractivity contribution in [1.82, 2.24) is 0 Å². The highest BCUT2D eigenvalue weighted by molar-refractivity contribution is 9.12. The highest BCUT2D eigenvalue weighted by Crippen LogP contribution is 2.22. The van der Waals surface area contributed by atoms with Crippen molar-refractivity contribution < 1.29 is 17.9 Å². The Morgan fingerprint density at radius 3 is 2.13 bits per heavy atom. The lowest BCUT2D eigenvalue weighted by molar-refractivity contribution is -0.274. The summed E-state index contributed by atoms with van der Waals surface area (Å²) in [6.45, 7) is 7.94. The summed E-state index contributed by atoms with van der Waals surface area (Å²) in [7, 11) is 1.76. The van der Waals surface area contributed by atoms with E-state index in [9.17, 15) is 13.2 Å². The molecule has 0 N–H and O–H groups in total. The quantitative estimate of drug-likeness (QED) is 0.520. The molecule has 1 aromatic carbocycles. The minimum atomic E-state index is -4.60. The molecule has 0 saturated carbocycles. The van der Waals surface area contributed by atoms with E-state index in [1.54, 1.807) is 32.3 Å². The van der Waals surface area contributed by atoms with E-state index < -0.39 is 6.36 Å². The lowest BCUT2D eigenvalue weighted by atomic mass is 10.2. The van der Waals surface area contributed by atoms with Crippen molar-refractivity contribution in [3.8, 4) is 5.75 Å². The number of benzene rings is 1. The number of hydrogen-bond donors (Lipinski definition) is 0. The predicted molar refractivity (Wildman–Crippen MR) is 95.5 cm³/mol. The largest absolute Gasteiger partial charge is 0.573 e. The van der Waals surface area contributed by atoms with Gasteiger partial charge >= 0.3 is 6.36 Å². The summed E-state index contributed by atoms with van der Waals surface area (Å²) >= 11 is 3.35. The Morgan fingerprint density at radius 2 is 1.74 bits per heavy atom. The molecule has 0 amide bonds. The van der Waals surface area contributed by atoms with Crippen LogP contribution in [0, 0.1) is 6.92 Å². The summed E-state index contributed by atoms with van der Waals surface area (Å²) in [5.74, 6) is -0.187. The third-order valence-electron chi connectivity index (χ3n) is 2.14. The van der Waals surface area contributed by atoms with E-state index in [0.29, 0.717) is 0 Å². The highest BCUT2D eigenvalue weighted by Gasteiger charge is 2.30. The number of alkyl halides is 3. The molecular weight excluding hydrogens is 371 g/mol. The Kier molecular flexibility index (Phi) is 14.9. The summed E-state index contributed by atoms with van der Waals surface area (Å²) in [6, 6.07) is 5.67. The second-order valence-electron chi connectivity index (χ2n) is 4.13. The molecule has 0 fully saturated rings. The van der Waals surface area contributed by atoms with Crippen LogP contribution in [0.5, 0.6) is 5.75 Å². The number of ether oxygens (including phenoxy) is 1. The molecule has 0 heterocycles. The molecule has 6 heteroatoms. The predicted octanol–water partition coefficient (Wildman–Crippen LogP) is 6.69. The Balaban J connectivity index is 0. The molecule has 132 valence electrons. The molecule has 0 spiro atoms. The summed E-state index contributed by atoms with van der Waals surface area (Å²) in [5.41, 5.74) is 0.893. The van der Waals surface area contributed by atoms with E-state index in [4.69, 9.17) is 0 Å². The van der Waals surface area contributed by atoms with Crippen LogP contribution in [-0.4, -0.2) is 19.6 Å². The zero-order valence-electron chi connectivity index (χ0n) is 14.2. The van der Waals surface area contributed by atoms with Crippen LogP contribution in [-0.2, 0) is 0 Å². The Morgan fingerprint density at radius 1 is 1.22 bits per heavy atom. The van der Waals surface area contributed by atoms with Crippen molar-refractivity contribution in [1.29, 1.82) is 0 Å². The lowest BCUT2D eigenvalue weighted by Crippen LogP contribution is -2.16. The maximum atomic E-state index is 11.6. The van der Waals surface area contributed by atoms with Crippen LogP contribution in [0.15, 0.2) is 39.8 Å². The van der Waals surface area contributed by atoms with Crippen LogP contribution >= 0.6 is 15.9 Å². The first-order chi connectivity index (χ1) is 10.8. The third kappa shape index (κ3) is 16.9. The van der Waals surface area contributed by atoms with Crippen molar-refractivity contribution in [2.45, 2.75) is 46.9 Å². The first-order valence-electron chi connectivity index (χ1n) is 7.38. The zero-order chi connectivity index (χ0) is 18.3. The number of allylic oxidation sites excluding steroid dienone is 2. The van der Waals surface area contributed by atoms with E-state index in [2.05, 4.69) is 38.7 Å². The fraction of sp³-hybridized carbons (Fsp3) is 0.471. The van der Waals surface area contributed by atoms with Gasteiger partial charge < -0.3 is 4.74 Å². The number of aryl methyl sites for hydroxylation is 1. The summed E-state index contributed by atoms with van der Waals surface area (Å²) < 4.78 is 39.6. The van der Waals surface area contributed by atoms with E-state index in [-0.39, 0.29) is 5.75 Å². The standard InChI is InChI=1S/C8H7F3O.C7H12BrN.C2H6/c1-6-2-4-7(5-3-6)12-8(9,10)11;1-3-4-5-7(8)6-9-2;1-2/h2-5H,1H3;5-6H,3-4H2,1-2H3;1-2H3/b;7-5+,9-6?;. The van der Waals surface area contributed by atoms with Gasteiger partial charge in [-0.2, -0.15) is 0 Å². The number of unbranched alkanes of at least 4 members (excludes halogenated alkanes) is 1. The second-order valence-corrected chi connectivity index (χ2v) is 5.04. The van der Waals surface area contributed by atoms with Crippen LogP contribution in [0.1, 0.15) is 39.2 Å². The van der Waals surface area contributed by atoms with Gasteiger partial charge in [0.2, 0.25) is 0 Å². The monoisotopic (exact) mass is 395 g/mol. The van der Waals surface area contributed by atoms with Gasteiger partial charge in [0.05, 0.1) is 0 Å². The van der Waals surface area contributed by atoms with Crippen molar-refractivity contribution in [2.24, 2.45) is 4.99 Å². The molecule has 23 heavy (non-hydrogen) atoms. The van der Waals surface area contributed by atoms with Gasteiger partial charge in [0, 0.05) is 17.7 Å². The fourth-order valence-electron chi connectivity index (χ4n) is 1.20. The molecule has 1 aromatic rings. The van der Waals surface area contributed by atoms with Crippen LogP contribution < -0.4 is 4.74 Å². The maximum absolute atomic E-state index is 11.6. The molecule has 0 aromatic heterocycles. The van der Waals surface area contributed by atoms with E-state index in [1.807, 2.05) is 13.8 Å². The highest BCUT2D eigenvalue weighted by atomic mass is 79.9. The lowest BCUT2D eigenvalue weighted by Gasteiger charge is -2.08. The average Bonchev–Trinajstić information content (AvgIpc) is 2.49. The Bertz CT molecular complexity index is 454. The van der Waals surface area contributed by atoms with Gasteiger partial charge in [-0.15, -0.1) is 13.2 Å². The minimum absolute atomic E-state index is 0.187. The Hall–Kier alpha value is -1.30. The van der Waals surface area contributed by atoms with E-state index >= 15 is 0 Å². The smallest absolute Gasteiger partial charge is 0.406 e. The van der Waals surface area contributed by atoms with E-state index in [0.717, 1.165) is 16.5 Å². The van der Waals surface area contributed by atoms with Crippen molar-refractivity contribution in [3.63, 3.8) is 0 Å². The van der Waals surface area contributed by atoms with Gasteiger partial charge in [-0.05, 0) is 41.4 Å². The molecule has 2 nitrogen and oxygen atoms in total. The summed E-state index contributed by atoms with van der Waals surface area (Å²) in [4.78, 5) is 3.85. The zero-order valence-corrected chi connectivity index (χ0v) is 15.8. The first-order valence-corrected chi connectivity index (χ1v) is 8.18. The van der Waals surface area contributed by atoms with Gasteiger partial charge in [-0.25, -0.2) is 0 Å². The molecule has 0 aliphatic heterocycles. The molecule has 0 aliphatic carbocycles. The van der Waals surface area contributed by atoms with Crippen molar-refractivity contribution in [3.05, 3.63) is 40.4 Å². The van der Waals surface area contributed by atoms with Crippen LogP contribution in [0.4, 0.5) is 13.2 Å². The molecule has 0 saturated heterocycles. The van der Waals surface area contributed by atoms with Gasteiger partial charge in [0.15, 0.2) is 0 Å². The molecule has 0 bridgehead atoms. The van der Waals surface area contributed by atoms with Gasteiger partial charge in [0.1, 0.15) is 5.75 Å². The first kappa shape index (κ1) is 24.0. The van der Waals surface area contributed by atoms with Gasteiger partial charge in [-0.3, -0.25) is 4.99 Å². The van der Waals surface area contributed by atoms with Crippen molar-refractivity contribution >= 4 is 22.1 Å². The number of nitrogens with zero attached hydrogens (tertiary/aromatic N) is 1. The molecule has 1 rings (SSSR count). The molecule has 0 radical (unpaired) electrons. The van der Waals surface area contributed by atoms with Crippen molar-refractivity contribution in [2.75, 3.05) is 7.05 Å². The third-order valence-corrected chi connectivity index (χ3v) is 2.66. The van der Waals surface area contributed by atoms with Crippen LogP contribution in [0.25, 0.3) is 0 Å². The normalized spacial score (nSPS) is 11.3. The molecule has 0 atom stereocenters. The second kappa shape index (κ2) is 14.3. The SMILES string of the molecule is CC.CCC/C=C(/Br)C=NC.Cc1ccc(OC(F)(F)F)cc1.